The Kier molecular flexibility index (Phi) is 5.83. The number of ether oxygens (including phenoxy) is 1. The quantitative estimate of drug-likeness (QED) is 0.671. The number of esters is 1. The third-order valence-corrected chi connectivity index (χ3v) is 10.5. The van der Waals surface area contributed by atoms with Crippen LogP contribution in [0.15, 0.2) is 0 Å². The number of aliphatic hydroxyl groups is 2. The van der Waals surface area contributed by atoms with Gasteiger partial charge < -0.3 is 14.9 Å². The summed E-state index contributed by atoms with van der Waals surface area (Å²) in [6.07, 6.45) is 9.80. The summed E-state index contributed by atoms with van der Waals surface area (Å²) in [4.78, 5) is 11.6. The van der Waals surface area contributed by atoms with Crippen LogP contribution in [0.5, 0.6) is 0 Å². The van der Waals surface area contributed by atoms with Crippen molar-refractivity contribution in [1.82, 2.24) is 0 Å². The predicted octanol–water partition coefficient (Wildman–Crippen LogP) is 4.57. The van der Waals surface area contributed by atoms with E-state index in [1.54, 1.807) is 0 Å². The smallest absolute Gasteiger partial charge is 0.305 e. The summed E-state index contributed by atoms with van der Waals surface area (Å²) < 4.78 is 4.85. The van der Waals surface area contributed by atoms with Gasteiger partial charge in [-0.2, -0.15) is 0 Å². The summed E-state index contributed by atoms with van der Waals surface area (Å²) in [6.45, 7) is 7.18. The maximum absolute atomic E-state index is 11.6. The minimum atomic E-state index is -0.565. The average molecular weight is 407 g/mol. The molecule has 29 heavy (non-hydrogen) atoms. The van der Waals surface area contributed by atoms with Crippen molar-refractivity contribution in [3.8, 4) is 0 Å². The van der Waals surface area contributed by atoms with Gasteiger partial charge in [0, 0.05) is 6.42 Å². The van der Waals surface area contributed by atoms with Crippen molar-refractivity contribution in [1.29, 1.82) is 0 Å². The second-order valence-corrected chi connectivity index (χ2v) is 11.5. The highest BCUT2D eigenvalue weighted by Gasteiger charge is 2.64. The molecular formula is C25H42O4. The molecule has 4 aliphatic rings. The predicted molar refractivity (Wildman–Crippen MR) is 113 cm³/mol. The molecule has 0 bridgehead atoms. The molecule has 0 saturated heterocycles. The topological polar surface area (TPSA) is 66.8 Å². The molecule has 0 unspecified atom stereocenters. The fraction of sp³-hybridized carbons (Fsp3) is 0.960. The number of fused-ring (bicyclic) bond motifs is 5. The molecule has 0 aromatic rings. The van der Waals surface area contributed by atoms with Crippen LogP contribution in [-0.2, 0) is 9.53 Å². The number of rotatable bonds is 4. The minimum Gasteiger partial charge on any atom is -0.469 e. The summed E-state index contributed by atoms with van der Waals surface area (Å²) in [6, 6.07) is 0. The molecule has 4 aliphatic carbocycles. The van der Waals surface area contributed by atoms with Crippen molar-refractivity contribution in [2.24, 2.45) is 46.3 Å². The first-order valence-electron chi connectivity index (χ1n) is 12.2. The van der Waals surface area contributed by atoms with Crippen LogP contribution in [0, 0.1) is 46.3 Å². The third-order valence-electron chi connectivity index (χ3n) is 10.5. The van der Waals surface area contributed by atoms with E-state index >= 15 is 0 Å². The number of aliphatic hydroxyl groups excluding tert-OH is 2. The van der Waals surface area contributed by atoms with E-state index in [9.17, 15) is 15.0 Å². The molecule has 4 fully saturated rings. The van der Waals surface area contributed by atoms with Gasteiger partial charge in [-0.05, 0) is 91.3 Å². The molecule has 0 aliphatic heterocycles. The van der Waals surface area contributed by atoms with Crippen LogP contribution in [0.4, 0.5) is 0 Å². The highest BCUT2D eigenvalue weighted by molar-refractivity contribution is 5.69. The van der Waals surface area contributed by atoms with Crippen molar-refractivity contribution in [3.63, 3.8) is 0 Å². The molecule has 0 heterocycles. The van der Waals surface area contributed by atoms with E-state index in [-0.39, 0.29) is 28.6 Å². The van der Waals surface area contributed by atoms with Crippen LogP contribution in [0.2, 0.25) is 0 Å². The van der Waals surface area contributed by atoms with Gasteiger partial charge in [0.1, 0.15) is 0 Å². The molecule has 0 radical (unpaired) electrons. The van der Waals surface area contributed by atoms with Crippen LogP contribution in [-0.4, -0.2) is 35.5 Å². The van der Waals surface area contributed by atoms with Crippen LogP contribution in [0.3, 0.4) is 0 Å². The minimum absolute atomic E-state index is 0.109. The first-order chi connectivity index (χ1) is 13.7. The Hall–Kier alpha value is -0.610. The van der Waals surface area contributed by atoms with E-state index in [0.717, 1.165) is 19.3 Å². The SMILES string of the molecule is COC(=O)CC[C@H](C)[C@H]1CC[C@H]2[C@@H]3[C@H](O)[C@H](O)[C@@H]4CCCC[C@]4(C)[C@H]3CC[C@]12C. The molecule has 166 valence electrons. The Bertz CT molecular complexity index is 620. The lowest BCUT2D eigenvalue weighted by Crippen LogP contribution is -2.63. The Morgan fingerprint density at radius 2 is 1.69 bits per heavy atom. The number of hydrogen-bond donors (Lipinski definition) is 2. The molecule has 4 saturated carbocycles. The summed E-state index contributed by atoms with van der Waals surface area (Å²) in [5.41, 5.74) is 0.409. The van der Waals surface area contributed by atoms with Crippen LogP contribution < -0.4 is 0 Å². The molecule has 0 amide bonds. The largest absolute Gasteiger partial charge is 0.469 e. The molecule has 10 atom stereocenters. The van der Waals surface area contributed by atoms with E-state index in [0.29, 0.717) is 30.1 Å². The van der Waals surface area contributed by atoms with E-state index in [1.165, 1.54) is 45.6 Å². The summed E-state index contributed by atoms with van der Waals surface area (Å²) in [5.74, 6) is 2.53. The number of methoxy groups -OCH3 is 1. The van der Waals surface area contributed by atoms with Crippen molar-refractivity contribution in [3.05, 3.63) is 0 Å². The Balaban J connectivity index is 1.56. The molecule has 0 spiro atoms. The Labute approximate surface area is 176 Å². The lowest BCUT2D eigenvalue weighted by Gasteiger charge is -2.63. The second kappa shape index (κ2) is 7.82. The highest BCUT2D eigenvalue weighted by Crippen LogP contribution is 2.68. The van der Waals surface area contributed by atoms with Gasteiger partial charge in [-0.1, -0.05) is 33.6 Å². The van der Waals surface area contributed by atoms with E-state index in [1.807, 2.05) is 0 Å². The summed E-state index contributed by atoms with van der Waals surface area (Å²) >= 11 is 0. The molecule has 4 heteroatoms. The van der Waals surface area contributed by atoms with Gasteiger partial charge in [0.2, 0.25) is 0 Å². The lowest BCUT2D eigenvalue weighted by atomic mass is 9.43. The zero-order valence-corrected chi connectivity index (χ0v) is 18.9. The molecular weight excluding hydrogens is 364 g/mol. The van der Waals surface area contributed by atoms with Gasteiger partial charge in [0.25, 0.3) is 0 Å². The van der Waals surface area contributed by atoms with Gasteiger partial charge in [-0.3, -0.25) is 4.79 Å². The maximum atomic E-state index is 11.6. The van der Waals surface area contributed by atoms with Crippen molar-refractivity contribution < 1.29 is 19.7 Å². The monoisotopic (exact) mass is 406 g/mol. The lowest BCUT2D eigenvalue weighted by molar-refractivity contribution is -0.215. The van der Waals surface area contributed by atoms with Gasteiger partial charge in [-0.25, -0.2) is 0 Å². The molecule has 4 rings (SSSR count). The molecule has 2 N–H and O–H groups in total. The number of carbonyl (C=O) groups is 1. The average Bonchev–Trinajstić information content (AvgIpc) is 3.06. The summed E-state index contributed by atoms with van der Waals surface area (Å²) in [5, 5.41) is 22.4. The zero-order valence-electron chi connectivity index (χ0n) is 18.9. The van der Waals surface area contributed by atoms with E-state index in [4.69, 9.17) is 4.74 Å². The standard InChI is InChI=1S/C25H42O4/c1-15(8-11-20(26)29-4)16-9-10-17-21-18(12-14-25(16,17)3)24(2)13-6-5-7-19(24)22(27)23(21)28/h15-19,21-23,27-28H,5-14H2,1-4H3/t15-,16+,17-,18-,19-,21-,22+,23-,24+,25+/m0/s1. The zero-order chi connectivity index (χ0) is 21.0. The first kappa shape index (κ1) is 21.6. The highest BCUT2D eigenvalue weighted by atomic mass is 16.5. The number of carbonyl (C=O) groups excluding carboxylic acids is 1. The van der Waals surface area contributed by atoms with Crippen LogP contribution in [0.1, 0.15) is 85.0 Å². The van der Waals surface area contributed by atoms with Crippen molar-refractivity contribution >= 4 is 5.97 Å². The fourth-order valence-corrected chi connectivity index (χ4v) is 8.94. The Morgan fingerprint density at radius 1 is 0.966 bits per heavy atom. The molecule has 0 aromatic carbocycles. The van der Waals surface area contributed by atoms with Gasteiger partial charge in [-0.15, -0.1) is 0 Å². The van der Waals surface area contributed by atoms with Gasteiger partial charge in [0.05, 0.1) is 19.3 Å². The molecule has 4 nitrogen and oxygen atoms in total. The number of hydrogen-bond acceptors (Lipinski definition) is 4. The third kappa shape index (κ3) is 3.28. The maximum Gasteiger partial charge on any atom is 0.305 e. The van der Waals surface area contributed by atoms with Crippen LogP contribution >= 0.6 is 0 Å². The molecule has 0 aromatic heterocycles. The van der Waals surface area contributed by atoms with Crippen LogP contribution in [0.25, 0.3) is 0 Å². The van der Waals surface area contributed by atoms with E-state index in [2.05, 4.69) is 20.8 Å². The van der Waals surface area contributed by atoms with E-state index < -0.39 is 12.2 Å². The van der Waals surface area contributed by atoms with Gasteiger partial charge in [0.15, 0.2) is 0 Å². The fourth-order valence-electron chi connectivity index (χ4n) is 8.94. The second-order valence-electron chi connectivity index (χ2n) is 11.5. The van der Waals surface area contributed by atoms with Crippen molar-refractivity contribution in [2.45, 2.75) is 97.2 Å². The Morgan fingerprint density at radius 3 is 2.41 bits per heavy atom. The normalized spacial score (nSPS) is 50.2. The van der Waals surface area contributed by atoms with Gasteiger partial charge >= 0.3 is 5.97 Å². The summed E-state index contributed by atoms with van der Waals surface area (Å²) in [7, 11) is 1.47. The first-order valence-corrected chi connectivity index (χ1v) is 12.2. The van der Waals surface area contributed by atoms with Crippen molar-refractivity contribution in [2.75, 3.05) is 7.11 Å².